The second kappa shape index (κ2) is 6.65. The van der Waals surface area contributed by atoms with Crippen LogP contribution in [0.25, 0.3) is 0 Å². The van der Waals surface area contributed by atoms with Crippen molar-refractivity contribution in [3.8, 4) is 5.75 Å². The van der Waals surface area contributed by atoms with Gasteiger partial charge in [0.15, 0.2) is 5.84 Å². The van der Waals surface area contributed by atoms with Crippen LogP contribution in [0, 0.1) is 6.92 Å². The molecule has 0 heterocycles. The molecule has 0 aromatic heterocycles. The Kier molecular flexibility index (Phi) is 4.66. The van der Waals surface area contributed by atoms with E-state index in [0.29, 0.717) is 12.1 Å². The minimum Gasteiger partial charge on any atom is -0.495 e. The van der Waals surface area contributed by atoms with Gasteiger partial charge in [-0.3, -0.25) is 0 Å². The van der Waals surface area contributed by atoms with E-state index in [4.69, 9.17) is 15.7 Å². The smallest absolute Gasteiger partial charge is 0.170 e. The highest BCUT2D eigenvalue weighted by molar-refractivity contribution is 5.98. The molecule has 0 fully saturated rings. The Morgan fingerprint density at radius 1 is 1.29 bits per heavy atom. The quantitative estimate of drug-likeness (QED) is 0.341. The molecule has 0 aliphatic rings. The third kappa shape index (κ3) is 3.45. The Morgan fingerprint density at radius 2 is 2.05 bits per heavy atom. The minimum atomic E-state index is 0.101. The van der Waals surface area contributed by atoms with Crippen molar-refractivity contribution >= 4 is 11.5 Å². The summed E-state index contributed by atoms with van der Waals surface area (Å²) in [6, 6.07) is 13.5. The van der Waals surface area contributed by atoms with Crippen molar-refractivity contribution in [1.82, 2.24) is 0 Å². The van der Waals surface area contributed by atoms with Crippen molar-refractivity contribution < 1.29 is 9.94 Å². The maximum atomic E-state index is 8.84. The highest BCUT2D eigenvalue weighted by atomic mass is 16.5. The fraction of sp³-hybridized carbons (Fsp3) is 0.188. The Balaban J connectivity index is 2.23. The number of ether oxygens (including phenoxy) is 1. The predicted octanol–water partition coefficient (Wildman–Crippen LogP) is 2.71. The molecule has 0 atom stereocenters. The van der Waals surface area contributed by atoms with E-state index in [1.165, 1.54) is 0 Å². The molecule has 2 rings (SSSR count). The van der Waals surface area contributed by atoms with Gasteiger partial charge in [-0.15, -0.1) is 0 Å². The van der Waals surface area contributed by atoms with Crippen LogP contribution in [-0.4, -0.2) is 18.2 Å². The normalized spacial score (nSPS) is 11.2. The van der Waals surface area contributed by atoms with Gasteiger partial charge in [0.25, 0.3) is 0 Å². The van der Waals surface area contributed by atoms with Crippen molar-refractivity contribution in [3.05, 3.63) is 59.2 Å². The first-order chi connectivity index (χ1) is 10.2. The SMILES string of the molecule is COc1ccc(C)cc1NCc1ccccc1C(N)=NO. The number of hydrogen-bond donors (Lipinski definition) is 3. The molecule has 2 aromatic rings. The Hall–Kier alpha value is -2.69. The van der Waals surface area contributed by atoms with Crippen LogP contribution in [-0.2, 0) is 6.54 Å². The van der Waals surface area contributed by atoms with E-state index < -0.39 is 0 Å². The number of anilines is 1. The monoisotopic (exact) mass is 285 g/mol. The molecule has 0 unspecified atom stereocenters. The second-order valence-corrected chi connectivity index (χ2v) is 4.70. The van der Waals surface area contributed by atoms with Crippen LogP contribution in [0.3, 0.4) is 0 Å². The van der Waals surface area contributed by atoms with Gasteiger partial charge in [0.05, 0.1) is 12.8 Å². The molecule has 0 saturated carbocycles. The Morgan fingerprint density at radius 3 is 2.76 bits per heavy atom. The summed E-state index contributed by atoms with van der Waals surface area (Å²) in [5.41, 5.74) is 9.39. The van der Waals surface area contributed by atoms with Crippen LogP contribution in [0.1, 0.15) is 16.7 Å². The van der Waals surface area contributed by atoms with Gasteiger partial charge in [0.1, 0.15) is 5.75 Å². The molecule has 21 heavy (non-hydrogen) atoms. The van der Waals surface area contributed by atoms with Crippen LogP contribution in [0.15, 0.2) is 47.6 Å². The molecule has 0 saturated heterocycles. The third-order valence-corrected chi connectivity index (χ3v) is 3.23. The van der Waals surface area contributed by atoms with Gasteiger partial charge >= 0.3 is 0 Å². The van der Waals surface area contributed by atoms with Crippen LogP contribution < -0.4 is 15.8 Å². The summed E-state index contributed by atoms with van der Waals surface area (Å²) in [4.78, 5) is 0. The molecule has 2 aromatic carbocycles. The summed E-state index contributed by atoms with van der Waals surface area (Å²) in [5.74, 6) is 0.880. The van der Waals surface area contributed by atoms with Crippen molar-refractivity contribution in [2.24, 2.45) is 10.9 Å². The number of benzene rings is 2. The summed E-state index contributed by atoms with van der Waals surface area (Å²) in [5, 5.41) is 15.2. The van der Waals surface area contributed by atoms with E-state index in [-0.39, 0.29) is 5.84 Å². The fourth-order valence-corrected chi connectivity index (χ4v) is 2.13. The average molecular weight is 285 g/mol. The van der Waals surface area contributed by atoms with Gasteiger partial charge in [-0.1, -0.05) is 35.5 Å². The van der Waals surface area contributed by atoms with E-state index in [0.717, 1.165) is 22.6 Å². The lowest BCUT2D eigenvalue weighted by molar-refractivity contribution is 0.318. The predicted molar refractivity (Wildman–Crippen MR) is 84.0 cm³/mol. The zero-order valence-electron chi connectivity index (χ0n) is 12.1. The number of amidine groups is 1. The number of hydrogen-bond acceptors (Lipinski definition) is 4. The largest absolute Gasteiger partial charge is 0.495 e. The molecule has 0 spiro atoms. The molecule has 0 aliphatic carbocycles. The molecule has 4 N–H and O–H groups in total. The molecule has 0 radical (unpaired) electrons. The minimum absolute atomic E-state index is 0.101. The average Bonchev–Trinajstić information content (AvgIpc) is 2.52. The third-order valence-electron chi connectivity index (χ3n) is 3.23. The zero-order valence-corrected chi connectivity index (χ0v) is 12.1. The van der Waals surface area contributed by atoms with Crippen LogP contribution in [0.5, 0.6) is 5.75 Å². The number of nitrogens with two attached hydrogens (primary N) is 1. The van der Waals surface area contributed by atoms with Crippen molar-refractivity contribution in [2.75, 3.05) is 12.4 Å². The molecular weight excluding hydrogens is 266 g/mol. The standard InChI is InChI=1S/C16H19N3O2/c1-11-7-8-15(21-2)14(9-11)18-10-12-5-3-4-6-13(12)16(17)19-20/h3-9,18,20H,10H2,1-2H3,(H2,17,19). The van der Waals surface area contributed by atoms with Crippen molar-refractivity contribution in [2.45, 2.75) is 13.5 Å². The molecule has 5 heteroatoms. The number of nitrogens with zero attached hydrogens (tertiary/aromatic N) is 1. The summed E-state index contributed by atoms with van der Waals surface area (Å²) in [6.07, 6.45) is 0. The lowest BCUT2D eigenvalue weighted by Gasteiger charge is -2.14. The van der Waals surface area contributed by atoms with E-state index >= 15 is 0 Å². The number of nitrogens with one attached hydrogen (secondary N) is 1. The maximum absolute atomic E-state index is 8.84. The van der Waals surface area contributed by atoms with Crippen LogP contribution >= 0.6 is 0 Å². The van der Waals surface area contributed by atoms with E-state index in [2.05, 4.69) is 10.5 Å². The number of oxime groups is 1. The zero-order chi connectivity index (χ0) is 15.2. The molecule has 0 aliphatic heterocycles. The lowest BCUT2D eigenvalue weighted by Crippen LogP contribution is -2.16. The molecular formula is C16H19N3O2. The van der Waals surface area contributed by atoms with Crippen molar-refractivity contribution in [3.63, 3.8) is 0 Å². The molecule has 5 nitrogen and oxygen atoms in total. The van der Waals surface area contributed by atoms with E-state index in [9.17, 15) is 0 Å². The highest BCUT2D eigenvalue weighted by Crippen LogP contribution is 2.26. The summed E-state index contributed by atoms with van der Waals surface area (Å²) in [6.45, 7) is 2.57. The maximum Gasteiger partial charge on any atom is 0.170 e. The first kappa shape index (κ1) is 14.7. The summed E-state index contributed by atoms with van der Waals surface area (Å²) >= 11 is 0. The van der Waals surface area contributed by atoms with Gasteiger partial charge in [0.2, 0.25) is 0 Å². The Labute approximate surface area is 124 Å². The van der Waals surface area contributed by atoms with Gasteiger partial charge in [0, 0.05) is 12.1 Å². The van der Waals surface area contributed by atoms with Gasteiger partial charge < -0.3 is 21.0 Å². The molecule has 110 valence electrons. The van der Waals surface area contributed by atoms with Gasteiger partial charge in [-0.2, -0.15) is 0 Å². The van der Waals surface area contributed by atoms with Crippen LogP contribution in [0.2, 0.25) is 0 Å². The van der Waals surface area contributed by atoms with E-state index in [1.807, 2.05) is 49.4 Å². The number of rotatable bonds is 5. The number of methoxy groups -OCH3 is 1. The fourth-order valence-electron chi connectivity index (χ4n) is 2.13. The Bertz CT molecular complexity index is 654. The summed E-state index contributed by atoms with van der Waals surface area (Å²) < 4.78 is 5.34. The second-order valence-electron chi connectivity index (χ2n) is 4.70. The molecule has 0 amide bonds. The van der Waals surface area contributed by atoms with E-state index in [1.54, 1.807) is 7.11 Å². The number of aryl methyl sites for hydroxylation is 1. The first-order valence-electron chi connectivity index (χ1n) is 6.60. The topological polar surface area (TPSA) is 79.9 Å². The van der Waals surface area contributed by atoms with Gasteiger partial charge in [-0.05, 0) is 30.2 Å². The first-order valence-corrected chi connectivity index (χ1v) is 6.60. The van der Waals surface area contributed by atoms with Crippen molar-refractivity contribution in [1.29, 1.82) is 0 Å². The lowest BCUT2D eigenvalue weighted by atomic mass is 10.1. The van der Waals surface area contributed by atoms with Gasteiger partial charge in [-0.25, -0.2) is 0 Å². The van der Waals surface area contributed by atoms with Crippen LogP contribution in [0.4, 0.5) is 5.69 Å². The molecule has 0 bridgehead atoms. The summed E-state index contributed by atoms with van der Waals surface area (Å²) in [7, 11) is 1.64. The highest BCUT2D eigenvalue weighted by Gasteiger charge is 2.08.